The Morgan fingerprint density at radius 1 is 0.758 bits per heavy atom. The molecule has 5 rings (SSSR count). The van der Waals surface area contributed by atoms with Gasteiger partial charge in [0, 0.05) is 12.7 Å². The van der Waals surface area contributed by atoms with Crippen LogP contribution in [0, 0.1) is 0 Å². The Morgan fingerprint density at radius 2 is 1.27 bits per heavy atom. The van der Waals surface area contributed by atoms with Crippen LogP contribution in [0.2, 0.25) is 0 Å². The molecule has 0 unspecified atom stereocenters. The minimum absolute atomic E-state index is 0.00507. The van der Waals surface area contributed by atoms with E-state index in [1.54, 1.807) is 4.90 Å². The fourth-order valence-corrected chi connectivity index (χ4v) is 4.30. The largest absolute Gasteiger partial charge is 0.318 e. The summed E-state index contributed by atoms with van der Waals surface area (Å²) in [5, 5.41) is 0. The summed E-state index contributed by atoms with van der Waals surface area (Å²) in [7, 11) is 1.82. The highest BCUT2D eigenvalue weighted by molar-refractivity contribution is 5.93. The van der Waals surface area contributed by atoms with Gasteiger partial charge in [-0.3, -0.25) is 4.79 Å². The van der Waals surface area contributed by atoms with Gasteiger partial charge in [0.1, 0.15) is 12.4 Å². The van der Waals surface area contributed by atoms with E-state index in [0.717, 1.165) is 33.7 Å². The molecule has 0 aliphatic heterocycles. The van der Waals surface area contributed by atoms with Crippen molar-refractivity contribution < 1.29 is 4.79 Å². The molecule has 0 aliphatic carbocycles. The van der Waals surface area contributed by atoms with Crippen LogP contribution < -0.4 is 4.90 Å². The third-order valence-electron chi connectivity index (χ3n) is 6.02. The fourth-order valence-electron chi connectivity index (χ4n) is 4.30. The van der Waals surface area contributed by atoms with Gasteiger partial charge in [-0.25, -0.2) is 4.98 Å². The van der Waals surface area contributed by atoms with Crippen molar-refractivity contribution in [2.45, 2.75) is 12.5 Å². The van der Waals surface area contributed by atoms with Gasteiger partial charge in [-0.2, -0.15) is 0 Å². The predicted octanol–water partition coefficient (Wildman–Crippen LogP) is 5.88. The van der Waals surface area contributed by atoms with E-state index >= 15 is 0 Å². The number of carbonyl (C=O) groups excluding carboxylic acids is 1. The molecule has 4 nitrogen and oxygen atoms in total. The number of hydrogen-bond donors (Lipinski definition) is 0. The molecule has 0 fully saturated rings. The molecule has 0 saturated heterocycles. The Balaban J connectivity index is 1.63. The van der Waals surface area contributed by atoms with Crippen LogP contribution in [0.1, 0.15) is 22.9 Å². The highest BCUT2D eigenvalue weighted by atomic mass is 16.2. The summed E-state index contributed by atoms with van der Waals surface area (Å²) in [6.07, 6.45) is 0. The van der Waals surface area contributed by atoms with Crippen molar-refractivity contribution in [2.24, 2.45) is 0 Å². The van der Waals surface area contributed by atoms with E-state index in [1.165, 1.54) is 0 Å². The standard InChI is InChI=1S/C29H25N3O/c1-31(24-17-9-4-10-18-24)27(33)21-32-26-20-12-11-19-25(26)30-29(32)28(22-13-5-2-6-14-22)23-15-7-3-8-16-23/h2-20,28H,21H2,1H3. The molecule has 0 spiro atoms. The lowest BCUT2D eigenvalue weighted by Gasteiger charge is -2.22. The number of amides is 1. The normalized spacial score (nSPS) is 11.1. The second-order valence-electron chi connectivity index (χ2n) is 8.09. The van der Waals surface area contributed by atoms with Crippen molar-refractivity contribution in [3.05, 3.63) is 132 Å². The summed E-state index contributed by atoms with van der Waals surface area (Å²) in [6.45, 7) is 0.206. The van der Waals surface area contributed by atoms with Gasteiger partial charge in [0.25, 0.3) is 0 Å². The van der Waals surface area contributed by atoms with Gasteiger partial charge in [0.2, 0.25) is 5.91 Å². The van der Waals surface area contributed by atoms with Crippen LogP contribution in [0.3, 0.4) is 0 Å². The van der Waals surface area contributed by atoms with E-state index in [4.69, 9.17) is 4.98 Å². The van der Waals surface area contributed by atoms with Crippen molar-refractivity contribution >= 4 is 22.6 Å². The van der Waals surface area contributed by atoms with Crippen LogP contribution in [0.25, 0.3) is 11.0 Å². The van der Waals surface area contributed by atoms with E-state index in [1.807, 2.05) is 98.0 Å². The van der Waals surface area contributed by atoms with E-state index in [-0.39, 0.29) is 18.4 Å². The van der Waals surface area contributed by atoms with Gasteiger partial charge in [0.05, 0.1) is 17.0 Å². The van der Waals surface area contributed by atoms with Crippen molar-refractivity contribution in [3.8, 4) is 0 Å². The number of anilines is 1. The molecule has 0 saturated carbocycles. The highest BCUT2D eigenvalue weighted by Crippen LogP contribution is 2.33. The maximum absolute atomic E-state index is 13.4. The van der Waals surface area contributed by atoms with Crippen LogP contribution in [0.4, 0.5) is 5.69 Å². The van der Waals surface area contributed by atoms with Gasteiger partial charge in [-0.15, -0.1) is 0 Å². The van der Waals surface area contributed by atoms with Gasteiger partial charge < -0.3 is 9.47 Å². The average molecular weight is 432 g/mol. The molecule has 162 valence electrons. The topological polar surface area (TPSA) is 38.1 Å². The van der Waals surface area contributed by atoms with E-state index in [0.29, 0.717) is 0 Å². The number of imidazole rings is 1. The number of nitrogens with zero attached hydrogens (tertiary/aromatic N) is 3. The van der Waals surface area contributed by atoms with Gasteiger partial charge in [-0.05, 0) is 35.4 Å². The molecule has 0 atom stereocenters. The third-order valence-corrected chi connectivity index (χ3v) is 6.02. The summed E-state index contributed by atoms with van der Waals surface area (Å²) in [6, 6.07) is 38.5. The van der Waals surface area contributed by atoms with Gasteiger partial charge in [0.15, 0.2) is 0 Å². The maximum atomic E-state index is 13.4. The number of hydrogen-bond acceptors (Lipinski definition) is 2. The van der Waals surface area contributed by atoms with Crippen molar-refractivity contribution in [3.63, 3.8) is 0 Å². The number of benzene rings is 4. The quantitative estimate of drug-likeness (QED) is 0.337. The third kappa shape index (κ3) is 4.15. The van der Waals surface area contributed by atoms with Gasteiger partial charge in [-0.1, -0.05) is 91.0 Å². The lowest BCUT2D eigenvalue weighted by Crippen LogP contribution is -2.31. The average Bonchev–Trinajstić information content (AvgIpc) is 3.23. The molecule has 0 aliphatic rings. The number of likely N-dealkylation sites (N-methyl/N-ethyl adjacent to an activating group) is 1. The van der Waals surface area contributed by atoms with E-state index in [2.05, 4.69) is 28.8 Å². The number of para-hydroxylation sites is 3. The zero-order valence-electron chi connectivity index (χ0n) is 18.5. The lowest BCUT2D eigenvalue weighted by molar-refractivity contribution is -0.118. The summed E-state index contributed by atoms with van der Waals surface area (Å²) in [4.78, 5) is 20.1. The fraction of sp³-hybridized carbons (Fsp3) is 0.103. The van der Waals surface area contributed by atoms with Crippen molar-refractivity contribution in [1.82, 2.24) is 9.55 Å². The molecule has 0 N–H and O–H groups in total. The second-order valence-corrected chi connectivity index (χ2v) is 8.09. The molecular weight excluding hydrogens is 406 g/mol. The first-order chi connectivity index (χ1) is 16.2. The molecule has 4 aromatic carbocycles. The summed E-state index contributed by atoms with van der Waals surface area (Å²) in [5.41, 5.74) is 5.00. The van der Waals surface area contributed by atoms with Crippen LogP contribution in [0.15, 0.2) is 115 Å². The Bertz CT molecular complexity index is 1320. The summed E-state index contributed by atoms with van der Waals surface area (Å²) in [5.74, 6) is 0.781. The summed E-state index contributed by atoms with van der Waals surface area (Å²) < 4.78 is 2.07. The Labute approximate surface area is 193 Å². The van der Waals surface area contributed by atoms with Crippen LogP contribution in [-0.2, 0) is 11.3 Å². The van der Waals surface area contributed by atoms with Crippen molar-refractivity contribution in [2.75, 3.05) is 11.9 Å². The smallest absolute Gasteiger partial charge is 0.246 e. The first kappa shape index (κ1) is 20.7. The number of aromatic nitrogens is 2. The Morgan fingerprint density at radius 3 is 1.88 bits per heavy atom. The molecule has 5 aromatic rings. The molecule has 0 radical (unpaired) electrons. The molecule has 4 heteroatoms. The van der Waals surface area contributed by atoms with E-state index < -0.39 is 0 Å². The predicted molar refractivity (Wildman–Crippen MR) is 133 cm³/mol. The SMILES string of the molecule is CN(C(=O)Cn1c(C(c2ccccc2)c2ccccc2)nc2ccccc21)c1ccccc1. The minimum Gasteiger partial charge on any atom is -0.318 e. The highest BCUT2D eigenvalue weighted by Gasteiger charge is 2.25. The minimum atomic E-state index is -0.0883. The number of carbonyl (C=O) groups is 1. The first-order valence-electron chi connectivity index (χ1n) is 11.1. The molecule has 33 heavy (non-hydrogen) atoms. The zero-order chi connectivity index (χ0) is 22.6. The monoisotopic (exact) mass is 431 g/mol. The molecule has 1 aromatic heterocycles. The Hall–Kier alpha value is -4.18. The zero-order valence-corrected chi connectivity index (χ0v) is 18.5. The Kier molecular flexibility index (Phi) is 5.73. The summed E-state index contributed by atoms with van der Waals surface area (Å²) >= 11 is 0. The number of rotatable bonds is 6. The number of fused-ring (bicyclic) bond motifs is 1. The lowest BCUT2D eigenvalue weighted by atomic mass is 9.90. The molecule has 0 bridgehead atoms. The van der Waals surface area contributed by atoms with Crippen LogP contribution in [-0.4, -0.2) is 22.5 Å². The molecule has 1 amide bonds. The van der Waals surface area contributed by atoms with Crippen molar-refractivity contribution in [1.29, 1.82) is 0 Å². The molecule has 1 heterocycles. The maximum Gasteiger partial charge on any atom is 0.246 e. The van der Waals surface area contributed by atoms with E-state index in [9.17, 15) is 4.79 Å². The first-order valence-corrected chi connectivity index (χ1v) is 11.1. The van der Waals surface area contributed by atoms with Crippen LogP contribution in [0.5, 0.6) is 0 Å². The molecular formula is C29H25N3O. The second kappa shape index (κ2) is 9.13. The van der Waals surface area contributed by atoms with Gasteiger partial charge >= 0.3 is 0 Å². The van der Waals surface area contributed by atoms with Crippen LogP contribution >= 0.6 is 0 Å².